The third-order valence-electron chi connectivity index (χ3n) is 5.87. The number of nitriles is 1. The van der Waals surface area contributed by atoms with Crippen molar-refractivity contribution in [3.8, 4) is 6.07 Å². The lowest BCUT2D eigenvalue weighted by Gasteiger charge is -2.29. The number of imidazole rings is 1. The fraction of sp³-hybridized carbons (Fsp3) is 0.478. The van der Waals surface area contributed by atoms with Crippen LogP contribution >= 0.6 is 15.9 Å². The van der Waals surface area contributed by atoms with Crippen LogP contribution < -0.4 is 16.0 Å². The lowest BCUT2D eigenvalue weighted by molar-refractivity contribution is 0.269. The van der Waals surface area contributed by atoms with Crippen LogP contribution in [0, 0.1) is 11.3 Å². The van der Waals surface area contributed by atoms with E-state index in [2.05, 4.69) is 56.8 Å². The molecule has 0 bridgehead atoms. The Morgan fingerprint density at radius 2 is 1.94 bits per heavy atom. The summed E-state index contributed by atoms with van der Waals surface area (Å²) < 4.78 is 2.84. The third-order valence-corrected chi connectivity index (χ3v) is 6.33. The van der Waals surface area contributed by atoms with E-state index in [0.717, 1.165) is 41.5 Å². The molecule has 0 amide bonds. The Balaban J connectivity index is 1.61. The zero-order valence-electron chi connectivity index (χ0n) is 18.8. The van der Waals surface area contributed by atoms with Gasteiger partial charge in [-0.3, -0.25) is 0 Å². The van der Waals surface area contributed by atoms with E-state index in [-0.39, 0.29) is 18.7 Å². The third kappa shape index (κ3) is 5.61. The van der Waals surface area contributed by atoms with Crippen molar-refractivity contribution in [1.29, 1.82) is 5.26 Å². The van der Waals surface area contributed by atoms with Crippen molar-refractivity contribution in [3.63, 3.8) is 0 Å². The molecular weight excluding hydrogens is 484 g/mol. The summed E-state index contributed by atoms with van der Waals surface area (Å²) in [4.78, 5) is 14.1. The van der Waals surface area contributed by atoms with E-state index in [1.807, 2.05) is 10.6 Å². The molecule has 0 atom stereocenters. The molecule has 0 saturated heterocycles. The molecular formula is C23H29BrN8O. The van der Waals surface area contributed by atoms with Crippen molar-refractivity contribution in [1.82, 2.24) is 24.8 Å². The minimum atomic E-state index is 0.166. The molecule has 33 heavy (non-hydrogen) atoms. The Morgan fingerprint density at radius 3 is 2.64 bits per heavy atom. The van der Waals surface area contributed by atoms with Crippen LogP contribution in [0.4, 0.5) is 17.5 Å². The number of aliphatic hydroxyl groups excluding tert-OH is 1. The van der Waals surface area contributed by atoms with Gasteiger partial charge in [-0.25, -0.2) is 4.98 Å². The summed E-state index contributed by atoms with van der Waals surface area (Å²) >= 11 is 3.47. The van der Waals surface area contributed by atoms with Crippen LogP contribution in [-0.2, 0) is 0 Å². The predicted octanol–water partition coefficient (Wildman–Crippen LogP) is 4.09. The molecule has 0 radical (unpaired) electrons. The van der Waals surface area contributed by atoms with Gasteiger partial charge in [-0.05, 0) is 57.7 Å². The first-order chi connectivity index (χ1) is 16.0. The van der Waals surface area contributed by atoms with Gasteiger partial charge in [0.2, 0.25) is 5.95 Å². The Bertz CT molecular complexity index is 1150. The highest BCUT2D eigenvalue weighted by Crippen LogP contribution is 2.29. The molecule has 2 heterocycles. The molecule has 1 fully saturated rings. The molecule has 1 aliphatic rings. The molecule has 10 heteroatoms. The molecule has 4 rings (SSSR count). The molecule has 2 aromatic heterocycles. The molecule has 1 aromatic carbocycles. The van der Waals surface area contributed by atoms with Gasteiger partial charge in [0, 0.05) is 34.8 Å². The molecule has 1 aliphatic carbocycles. The van der Waals surface area contributed by atoms with Gasteiger partial charge >= 0.3 is 0 Å². The Hall–Kier alpha value is -2.74. The van der Waals surface area contributed by atoms with Crippen LogP contribution in [0.3, 0.4) is 0 Å². The van der Waals surface area contributed by atoms with Crippen molar-refractivity contribution < 1.29 is 5.11 Å². The number of anilines is 3. The van der Waals surface area contributed by atoms with Gasteiger partial charge in [-0.15, -0.1) is 0 Å². The first kappa shape index (κ1) is 23.4. The lowest BCUT2D eigenvalue weighted by atomic mass is 9.91. The smallest absolute Gasteiger partial charge is 0.227 e. The molecule has 0 spiro atoms. The van der Waals surface area contributed by atoms with Crippen molar-refractivity contribution in [3.05, 3.63) is 34.6 Å². The van der Waals surface area contributed by atoms with Crippen molar-refractivity contribution >= 4 is 44.5 Å². The summed E-state index contributed by atoms with van der Waals surface area (Å²) in [6, 6.07) is 8.58. The number of hydrogen-bond donors (Lipinski definition) is 4. The van der Waals surface area contributed by atoms with Gasteiger partial charge in [0.25, 0.3) is 0 Å². The number of benzene rings is 1. The number of halogens is 1. The van der Waals surface area contributed by atoms with Crippen LogP contribution in [0.5, 0.6) is 0 Å². The topological polar surface area (TPSA) is 124 Å². The molecule has 9 nitrogen and oxygen atoms in total. The van der Waals surface area contributed by atoms with Gasteiger partial charge in [0.05, 0.1) is 24.6 Å². The minimum absolute atomic E-state index is 0.166. The molecule has 174 valence electrons. The Morgan fingerprint density at radius 1 is 1.18 bits per heavy atom. The summed E-state index contributed by atoms with van der Waals surface area (Å²) in [5, 5.41) is 28.6. The van der Waals surface area contributed by atoms with Gasteiger partial charge in [-0.1, -0.05) is 15.9 Å². The normalized spacial score (nSPS) is 18.4. The van der Waals surface area contributed by atoms with E-state index >= 15 is 0 Å². The highest BCUT2D eigenvalue weighted by Gasteiger charge is 2.22. The van der Waals surface area contributed by atoms with Crippen LogP contribution in [0.25, 0.3) is 11.2 Å². The van der Waals surface area contributed by atoms with Gasteiger partial charge in [0.1, 0.15) is 0 Å². The van der Waals surface area contributed by atoms with E-state index in [4.69, 9.17) is 15.1 Å². The maximum Gasteiger partial charge on any atom is 0.227 e. The van der Waals surface area contributed by atoms with Crippen LogP contribution in [0.2, 0.25) is 0 Å². The summed E-state index contributed by atoms with van der Waals surface area (Å²) in [5.74, 6) is 1.16. The van der Waals surface area contributed by atoms with Crippen molar-refractivity contribution in [2.24, 2.45) is 0 Å². The number of nitrogens with one attached hydrogen (secondary N) is 3. The molecule has 4 N–H and O–H groups in total. The number of aliphatic hydroxyl groups is 1. The van der Waals surface area contributed by atoms with Gasteiger partial charge < -0.3 is 25.6 Å². The molecule has 1 saturated carbocycles. The quantitative estimate of drug-likeness (QED) is 0.355. The fourth-order valence-corrected chi connectivity index (χ4v) is 4.70. The SMILES string of the molecule is CC(C)n1cnc2c(Nc3cc(Br)cc(C#N)c3)nc(NC3CCC(NCCO)CC3)nc21. The van der Waals surface area contributed by atoms with E-state index in [1.54, 1.807) is 18.5 Å². The number of nitrogens with zero attached hydrogens (tertiary/aromatic N) is 5. The summed E-state index contributed by atoms with van der Waals surface area (Å²) in [6.45, 7) is 4.99. The van der Waals surface area contributed by atoms with Gasteiger partial charge in [0.15, 0.2) is 17.0 Å². The number of rotatable bonds is 8. The predicted molar refractivity (Wildman–Crippen MR) is 133 cm³/mol. The Labute approximate surface area is 201 Å². The second kappa shape index (κ2) is 10.5. The maximum absolute atomic E-state index is 9.31. The monoisotopic (exact) mass is 512 g/mol. The highest BCUT2D eigenvalue weighted by atomic mass is 79.9. The first-order valence-corrected chi connectivity index (χ1v) is 12.1. The number of fused-ring (bicyclic) bond motifs is 1. The average molecular weight is 513 g/mol. The van der Waals surface area contributed by atoms with E-state index in [9.17, 15) is 5.26 Å². The Kier molecular flexibility index (Phi) is 7.42. The van der Waals surface area contributed by atoms with E-state index in [1.165, 1.54) is 0 Å². The molecule has 0 unspecified atom stereocenters. The van der Waals surface area contributed by atoms with Gasteiger partial charge in [-0.2, -0.15) is 15.2 Å². The summed E-state index contributed by atoms with van der Waals surface area (Å²) in [7, 11) is 0. The largest absolute Gasteiger partial charge is 0.395 e. The average Bonchev–Trinajstić information content (AvgIpc) is 3.23. The minimum Gasteiger partial charge on any atom is -0.395 e. The summed E-state index contributed by atoms with van der Waals surface area (Å²) in [5.41, 5.74) is 2.75. The van der Waals surface area contributed by atoms with E-state index in [0.29, 0.717) is 35.4 Å². The van der Waals surface area contributed by atoms with Crippen molar-refractivity contribution in [2.45, 2.75) is 57.7 Å². The van der Waals surface area contributed by atoms with Crippen LogP contribution in [-0.4, -0.2) is 49.9 Å². The maximum atomic E-state index is 9.31. The highest BCUT2D eigenvalue weighted by molar-refractivity contribution is 9.10. The zero-order valence-corrected chi connectivity index (χ0v) is 20.4. The molecule has 3 aromatic rings. The van der Waals surface area contributed by atoms with Crippen molar-refractivity contribution in [2.75, 3.05) is 23.8 Å². The van der Waals surface area contributed by atoms with Crippen LogP contribution in [0.1, 0.15) is 51.1 Å². The fourth-order valence-electron chi connectivity index (χ4n) is 4.20. The number of hydrogen-bond acceptors (Lipinski definition) is 8. The molecule has 0 aliphatic heterocycles. The van der Waals surface area contributed by atoms with Crippen LogP contribution in [0.15, 0.2) is 29.0 Å². The first-order valence-electron chi connectivity index (χ1n) is 11.3. The zero-order chi connectivity index (χ0) is 23.4. The second-order valence-electron chi connectivity index (χ2n) is 8.65. The summed E-state index contributed by atoms with van der Waals surface area (Å²) in [6.07, 6.45) is 5.90. The lowest BCUT2D eigenvalue weighted by Crippen LogP contribution is -2.38. The van der Waals surface area contributed by atoms with E-state index < -0.39 is 0 Å². The standard InChI is InChI=1S/C23H29BrN8O/c1-14(2)32-13-27-20-21(28-19-10-15(12-25)9-16(24)11-19)30-23(31-22(20)32)29-18-5-3-17(4-6-18)26-7-8-33/h9-11,13-14,17-18,26,33H,3-8H2,1-2H3,(H2,28,29,30,31). The second-order valence-corrected chi connectivity index (χ2v) is 9.57. The number of aromatic nitrogens is 4.